The molecule has 0 heterocycles. The first-order chi connectivity index (χ1) is 1.73. The summed E-state index contributed by atoms with van der Waals surface area (Å²) in [5.74, 6) is 0.167. The van der Waals surface area contributed by atoms with Crippen LogP contribution in [0.15, 0.2) is 0 Å². The molecule has 0 aromatic heterocycles. The molecule has 0 aliphatic rings. The monoisotopic (exact) mass is 114 g/mol. The zero-order chi connectivity index (χ0) is 3.58. The Morgan fingerprint density at radius 3 is 1.40 bits per heavy atom. The Hall–Kier alpha value is 0.189. The van der Waals surface area contributed by atoms with E-state index < -0.39 is 0 Å². The Kier molecular flexibility index (Phi) is 7.50. The topological polar surface area (TPSA) is 17.1 Å². The van der Waals surface area contributed by atoms with Crippen molar-refractivity contribution in [2.45, 2.75) is 13.8 Å². The fourth-order valence-corrected chi connectivity index (χ4v) is 0. The fraction of sp³-hybridized carbons (Fsp3) is 0.667. The molecule has 0 bridgehead atoms. The first-order valence-electron chi connectivity index (χ1n) is 1.20. The maximum absolute atomic E-state index is 9.44. The van der Waals surface area contributed by atoms with Gasteiger partial charge in [-0.3, -0.25) is 0 Å². The molecule has 0 aromatic rings. The van der Waals surface area contributed by atoms with Gasteiger partial charge in [-0.2, -0.15) is 0 Å². The van der Waals surface area contributed by atoms with Crippen LogP contribution in [0.25, 0.3) is 0 Å². The molecule has 0 atom stereocenters. The minimum absolute atomic E-state index is 0. The largest absolute Gasteiger partial charge is 0.300 e. The van der Waals surface area contributed by atoms with E-state index >= 15 is 0 Å². The number of carbonyl (C=O) groups excluding carboxylic acids is 1. The van der Waals surface area contributed by atoms with E-state index in [0.29, 0.717) is 0 Å². The Bertz CT molecular complexity index is 29.9. The van der Waals surface area contributed by atoms with Gasteiger partial charge in [-0.15, -0.1) is 0 Å². The van der Waals surface area contributed by atoms with Crippen LogP contribution in [0, 0.1) is 0 Å². The van der Waals surface area contributed by atoms with Crippen molar-refractivity contribution >= 4 is 5.78 Å². The third-order valence-corrected chi connectivity index (χ3v) is 0. The molecular formula is C3H6FeO. The summed E-state index contributed by atoms with van der Waals surface area (Å²) in [5, 5.41) is 0. The summed E-state index contributed by atoms with van der Waals surface area (Å²) >= 11 is 0. The van der Waals surface area contributed by atoms with Crippen molar-refractivity contribution in [2.75, 3.05) is 0 Å². The van der Waals surface area contributed by atoms with Gasteiger partial charge in [0.1, 0.15) is 5.78 Å². The van der Waals surface area contributed by atoms with Crippen LogP contribution in [0.5, 0.6) is 0 Å². The Morgan fingerprint density at radius 1 is 1.40 bits per heavy atom. The molecule has 0 aliphatic carbocycles. The second kappa shape index (κ2) is 4.19. The molecule has 32 valence electrons. The zero-order valence-corrected chi connectivity index (χ0v) is 4.37. The van der Waals surface area contributed by atoms with Crippen molar-refractivity contribution < 1.29 is 21.9 Å². The maximum atomic E-state index is 9.44. The second-order valence-electron chi connectivity index (χ2n) is 0.908. The number of hydrogen-bond acceptors (Lipinski definition) is 1. The first kappa shape index (κ1) is 8.95. The van der Waals surface area contributed by atoms with Gasteiger partial charge in [-0.1, -0.05) is 0 Å². The van der Waals surface area contributed by atoms with Crippen LogP contribution >= 0.6 is 0 Å². The molecule has 0 unspecified atom stereocenters. The molecule has 5 heavy (non-hydrogen) atoms. The van der Waals surface area contributed by atoms with Gasteiger partial charge in [0.25, 0.3) is 0 Å². The molecule has 0 aliphatic heterocycles. The molecule has 0 amide bonds. The van der Waals surface area contributed by atoms with Gasteiger partial charge < -0.3 is 4.79 Å². The number of Topliss-reactive ketones (excluding diaryl/α,β-unsaturated/α-hetero) is 1. The summed E-state index contributed by atoms with van der Waals surface area (Å²) in [5.41, 5.74) is 0. The van der Waals surface area contributed by atoms with E-state index in [2.05, 4.69) is 0 Å². The number of rotatable bonds is 0. The predicted molar refractivity (Wildman–Crippen MR) is 16.4 cm³/mol. The second-order valence-corrected chi connectivity index (χ2v) is 0.908. The quantitative estimate of drug-likeness (QED) is 0.421. The van der Waals surface area contributed by atoms with Gasteiger partial charge in [-0.05, 0) is 13.8 Å². The molecule has 0 aromatic carbocycles. The fourth-order valence-electron chi connectivity index (χ4n) is 0. The summed E-state index contributed by atoms with van der Waals surface area (Å²) in [4.78, 5) is 9.44. The summed E-state index contributed by atoms with van der Waals surface area (Å²) in [7, 11) is 0. The van der Waals surface area contributed by atoms with Gasteiger partial charge in [0.2, 0.25) is 0 Å². The number of ketones is 1. The first-order valence-corrected chi connectivity index (χ1v) is 1.20. The third-order valence-electron chi connectivity index (χ3n) is 0. The molecule has 0 spiro atoms. The predicted octanol–water partition coefficient (Wildman–Crippen LogP) is 0.593. The standard InChI is InChI=1S/C3H6O.Fe/c1-3(2)4;/h1-2H3;. The normalized spacial score (nSPS) is 5.20. The van der Waals surface area contributed by atoms with Crippen LogP contribution in [0.3, 0.4) is 0 Å². The molecule has 0 N–H and O–H groups in total. The van der Waals surface area contributed by atoms with E-state index in [4.69, 9.17) is 0 Å². The van der Waals surface area contributed by atoms with Gasteiger partial charge >= 0.3 is 0 Å². The summed E-state index contributed by atoms with van der Waals surface area (Å²) in [6.45, 7) is 3.06. The molecule has 0 fully saturated rings. The smallest absolute Gasteiger partial charge is 0.126 e. The summed E-state index contributed by atoms with van der Waals surface area (Å²) < 4.78 is 0. The maximum Gasteiger partial charge on any atom is 0.126 e. The van der Waals surface area contributed by atoms with E-state index in [-0.39, 0.29) is 22.9 Å². The van der Waals surface area contributed by atoms with Crippen LogP contribution in [0.1, 0.15) is 13.8 Å². The van der Waals surface area contributed by atoms with Gasteiger partial charge in [-0.25, -0.2) is 0 Å². The molecular weight excluding hydrogens is 108 g/mol. The Labute approximate surface area is 42.2 Å². The van der Waals surface area contributed by atoms with Crippen LogP contribution in [0.2, 0.25) is 0 Å². The molecule has 0 saturated heterocycles. The molecule has 0 rings (SSSR count). The van der Waals surface area contributed by atoms with Crippen LogP contribution in [-0.4, -0.2) is 5.78 Å². The molecule has 1 nitrogen and oxygen atoms in total. The Morgan fingerprint density at radius 2 is 1.40 bits per heavy atom. The number of carbonyl (C=O) groups is 1. The van der Waals surface area contributed by atoms with Crippen molar-refractivity contribution in [1.29, 1.82) is 0 Å². The van der Waals surface area contributed by atoms with Crippen molar-refractivity contribution in [3.63, 3.8) is 0 Å². The van der Waals surface area contributed by atoms with Gasteiger partial charge in [0.15, 0.2) is 0 Å². The Balaban J connectivity index is 0. The van der Waals surface area contributed by atoms with Crippen LogP contribution in [-0.2, 0) is 21.9 Å². The van der Waals surface area contributed by atoms with E-state index in [1.807, 2.05) is 0 Å². The van der Waals surface area contributed by atoms with Crippen molar-refractivity contribution in [1.82, 2.24) is 0 Å². The molecule has 0 radical (unpaired) electrons. The average Bonchev–Trinajstić information content (AvgIpc) is 0.811. The zero-order valence-electron chi connectivity index (χ0n) is 3.26. The van der Waals surface area contributed by atoms with Crippen molar-refractivity contribution in [3.8, 4) is 0 Å². The molecule has 0 saturated carbocycles. The van der Waals surface area contributed by atoms with E-state index in [1.165, 1.54) is 13.8 Å². The van der Waals surface area contributed by atoms with E-state index in [0.717, 1.165) is 0 Å². The third kappa shape index (κ3) is 559. The van der Waals surface area contributed by atoms with E-state index in [9.17, 15) is 4.79 Å². The van der Waals surface area contributed by atoms with Crippen molar-refractivity contribution in [2.24, 2.45) is 0 Å². The molecule has 2 heteroatoms. The van der Waals surface area contributed by atoms with Crippen molar-refractivity contribution in [3.05, 3.63) is 0 Å². The van der Waals surface area contributed by atoms with E-state index in [1.54, 1.807) is 0 Å². The number of hydrogen-bond donors (Lipinski definition) is 0. The summed E-state index contributed by atoms with van der Waals surface area (Å²) in [6.07, 6.45) is 0. The SMILES string of the molecule is CC(C)=O.[Fe]. The van der Waals surface area contributed by atoms with Crippen LogP contribution in [0.4, 0.5) is 0 Å². The van der Waals surface area contributed by atoms with Gasteiger partial charge in [0, 0.05) is 17.1 Å². The van der Waals surface area contributed by atoms with Crippen LogP contribution < -0.4 is 0 Å². The summed E-state index contributed by atoms with van der Waals surface area (Å²) in [6, 6.07) is 0. The van der Waals surface area contributed by atoms with Gasteiger partial charge in [0.05, 0.1) is 0 Å². The average molecular weight is 114 g/mol. The minimum atomic E-state index is 0. The minimum Gasteiger partial charge on any atom is -0.300 e.